The first kappa shape index (κ1) is 20.3. The lowest BCUT2D eigenvalue weighted by Crippen LogP contribution is -2.49. The molecular weight excluding hydrogens is 362 g/mol. The van der Waals surface area contributed by atoms with E-state index in [9.17, 15) is 14.7 Å². The molecule has 0 aliphatic heterocycles. The summed E-state index contributed by atoms with van der Waals surface area (Å²) in [6, 6.07) is 21.8. The Bertz CT molecular complexity index is 1050. The van der Waals surface area contributed by atoms with E-state index in [-0.39, 0.29) is 0 Å². The van der Waals surface area contributed by atoms with Gasteiger partial charge >= 0.3 is 5.97 Å². The molecule has 0 aliphatic carbocycles. The first-order valence-electron chi connectivity index (χ1n) is 9.66. The Morgan fingerprint density at radius 2 is 1.66 bits per heavy atom. The molecular formula is C25H25NO3. The van der Waals surface area contributed by atoms with Crippen molar-refractivity contribution in [2.45, 2.75) is 32.2 Å². The normalized spacial score (nSPS) is 11.7. The molecule has 0 heterocycles. The molecule has 0 spiro atoms. The van der Waals surface area contributed by atoms with E-state index in [4.69, 9.17) is 0 Å². The fraction of sp³-hybridized carbons (Fsp3) is 0.200. The topological polar surface area (TPSA) is 66.4 Å². The maximum Gasteiger partial charge on any atom is 0.328 e. The molecule has 29 heavy (non-hydrogen) atoms. The third-order valence-electron chi connectivity index (χ3n) is 4.90. The molecule has 1 amide bonds. The molecule has 0 bridgehead atoms. The van der Waals surface area contributed by atoms with Gasteiger partial charge in [0.25, 0.3) is 5.91 Å². The predicted molar refractivity (Wildman–Crippen MR) is 117 cm³/mol. The van der Waals surface area contributed by atoms with E-state index in [1.165, 1.54) is 19.4 Å². The Morgan fingerprint density at radius 1 is 0.966 bits per heavy atom. The zero-order chi connectivity index (χ0) is 20.9. The number of allylic oxidation sites excluding steroid dienone is 1. The van der Waals surface area contributed by atoms with Crippen molar-refractivity contribution in [1.82, 2.24) is 5.32 Å². The number of nitrogens with one attached hydrogen (secondary N) is 1. The Morgan fingerprint density at radius 3 is 2.38 bits per heavy atom. The van der Waals surface area contributed by atoms with Crippen LogP contribution in [-0.2, 0) is 11.2 Å². The van der Waals surface area contributed by atoms with Crippen molar-refractivity contribution >= 4 is 28.7 Å². The fourth-order valence-corrected chi connectivity index (χ4v) is 3.17. The lowest BCUT2D eigenvalue weighted by Gasteiger charge is -2.22. The molecule has 0 unspecified atom stereocenters. The fourth-order valence-electron chi connectivity index (χ4n) is 3.17. The molecule has 3 aromatic rings. The number of carbonyl (C=O) groups is 2. The average molecular weight is 387 g/mol. The summed E-state index contributed by atoms with van der Waals surface area (Å²) in [6.45, 7) is 2.95. The van der Waals surface area contributed by atoms with Crippen LogP contribution in [0.5, 0.6) is 0 Å². The van der Waals surface area contributed by atoms with Crippen LogP contribution in [0.15, 0.2) is 72.8 Å². The third kappa shape index (κ3) is 4.91. The maximum absolute atomic E-state index is 12.9. The van der Waals surface area contributed by atoms with Crippen molar-refractivity contribution in [3.8, 4) is 0 Å². The van der Waals surface area contributed by atoms with Crippen molar-refractivity contribution in [3.05, 3.63) is 89.5 Å². The second-order valence-corrected chi connectivity index (χ2v) is 7.56. The molecule has 3 aromatic carbocycles. The van der Waals surface area contributed by atoms with Gasteiger partial charge in [0.1, 0.15) is 5.54 Å². The summed E-state index contributed by atoms with van der Waals surface area (Å²) >= 11 is 0. The molecule has 0 radical (unpaired) electrons. The number of hydrogen-bond donors (Lipinski definition) is 2. The standard InChI is InChI=1S/C25H25NO3/c1-25(2,24(28)29)26-23(27)22-17-16-19-13-7-9-14-20(19)21(22)15-8-6-12-18-10-4-3-5-11-18/h3-5,7-11,13-17H,6,12H2,1-2H3,(H,26,27)(H,28,29)/b15-8+. The number of carboxylic acid groups (broad SMARTS) is 1. The van der Waals surface area contributed by atoms with Crippen molar-refractivity contribution in [2.24, 2.45) is 0 Å². The molecule has 0 aliphatic rings. The number of aryl methyl sites for hydroxylation is 1. The summed E-state index contributed by atoms with van der Waals surface area (Å²) in [4.78, 5) is 24.3. The first-order valence-corrected chi connectivity index (χ1v) is 9.66. The van der Waals surface area contributed by atoms with Crippen molar-refractivity contribution in [1.29, 1.82) is 0 Å². The van der Waals surface area contributed by atoms with Gasteiger partial charge in [0, 0.05) is 5.56 Å². The van der Waals surface area contributed by atoms with Crippen LogP contribution in [0, 0.1) is 0 Å². The summed E-state index contributed by atoms with van der Waals surface area (Å²) < 4.78 is 0. The summed E-state index contributed by atoms with van der Waals surface area (Å²) in [7, 11) is 0. The van der Waals surface area contributed by atoms with Gasteiger partial charge in [-0.3, -0.25) is 4.79 Å². The van der Waals surface area contributed by atoms with Crippen LogP contribution in [0.4, 0.5) is 0 Å². The molecule has 0 fully saturated rings. The summed E-state index contributed by atoms with van der Waals surface area (Å²) in [5.41, 5.74) is 1.18. The number of carboxylic acids is 1. The van der Waals surface area contributed by atoms with Crippen LogP contribution in [0.25, 0.3) is 16.8 Å². The highest BCUT2D eigenvalue weighted by atomic mass is 16.4. The quantitative estimate of drug-likeness (QED) is 0.594. The SMILES string of the molecule is CC(C)(NC(=O)c1ccc2ccccc2c1/C=C/CCc1ccccc1)C(=O)O. The van der Waals surface area contributed by atoms with Gasteiger partial charge in [-0.15, -0.1) is 0 Å². The second kappa shape index (κ2) is 8.74. The highest BCUT2D eigenvalue weighted by Crippen LogP contribution is 2.25. The Labute approximate surface area is 170 Å². The zero-order valence-corrected chi connectivity index (χ0v) is 16.7. The Kier molecular flexibility index (Phi) is 6.13. The Hall–Kier alpha value is -3.40. The maximum atomic E-state index is 12.9. The molecule has 0 saturated carbocycles. The van der Waals surface area contributed by atoms with Gasteiger partial charge in [-0.2, -0.15) is 0 Å². The van der Waals surface area contributed by atoms with Crippen LogP contribution >= 0.6 is 0 Å². The predicted octanol–water partition coefficient (Wildman–Crippen LogP) is 5.08. The number of hydrogen-bond acceptors (Lipinski definition) is 2. The largest absolute Gasteiger partial charge is 0.480 e. The first-order chi connectivity index (χ1) is 13.9. The van der Waals surface area contributed by atoms with Crippen LogP contribution in [0.2, 0.25) is 0 Å². The number of aliphatic carboxylic acids is 1. The van der Waals surface area contributed by atoms with Crippen molar-refractivity contribution in [2.75, 3.05) is 0 Å². The van der Waals surface area contributed by atoms with E-state index in [2.05, 4.69) is 23.5 Å². The van der Waals surface area contributed by atoms with Crippen LogP contribution in [0.3, 0.4) is 0 Å². The lowest BCUT2D eigenvalue weighted by molar-refractivity contribution is -0.143. The average Bonchev–Trinajstić information content (AvgIpc) is 2.71. The molecule has 3 rings (SSSR count). The van der Waals surface area contributed by atoms with E-state index < -0.39 is 17.4 Å². The van der Waals surface area contributed by atoms with Gasteiger partial charge < -0.3 is 10.4 Å². The van der Waals surface area contributed by atoms with Gasteiger partial charge in [-0.05, 0) is 54.7 Å². The number of rotatable bonds is 7. The van der Waals surface area contributed by atoms with E-state index >= 15 is 0 Å². The molecule has 2 N–H and O–H groups in total. The highest BCUT2D eigenvalue weighted by Gasteiger charge is 2.30. The molecule has 148 valence electrons. The zero-order valence-electron chi connectivity index (χ0n) is 16.7. The second-order valence-electron chi connectivity index (χ2n) is 7.56. The number of benzene rings is 3. The molecule has 0 aromatic heterocycles. The van der Waals surface area contributed by atoms with Crippen molar-refractivity contribution < 1.29 is 14.7 Å². The van der Waals surface area contributed by atoms with Gasteiger partial charge in [0.2, 0.25) is 0 Å². The van der Waals surface area contributed by atoms with Crippen LogP contribution in [-0.4, -0.2) is 22.5 Å². The highest BCUT2D eigenvalue weighted by molar-refractivity contribution is 6.06. The molecule has 4 nitrogen and oxygen atoms in total. The number of fused-ring (bicyclic) bond motifs is 1. The van der Waals surface area contributed by atoms with E-state index in [1.54, 1.807) is 6.07 Å². The van der Waals surface area contributed by atoms with Crippen LogP contribution in [0.1, 0.15) is 41.8 Å². The van der Waals surface area contributed by atoms with E-state index in [0.717, 1.165) is 29.2 Å². The summed E-state index contributed by atoms with van der Waals surface area (Å²) in [5, 5.41) is 13.9. The Balaban J connectivity index is 1.90. The monoisotopic (exact) mass is 387 g/mol. The minimum Gasteiger partial charge on any atom is -0.480 e. The van der Waals surface area contributed by atoms with Gasteiger partial charge in [0.05, 0.1) is 0 Å². The molecule has 4 heteroatoms. The van der Waals surface area contributed by atoms with E-state index in [0.29, 0.717) is 5.56 Å². The smallest absolute Gasteiger partial charge is 0.328 e. The third-order valence-corrected chi connectivity index (χ3v) is 4.90. The van der Waals surface area contributed by atoms with Crippen molar-refractivity contribution in [3.63, 3.8) is 0 Å². The summed E-state index contributed by atoms with van der Waals surface area (Å²) in [5.74, 6) is -1.47. The minimum absolute atomic E-state index is 0.397. The van der Waals surface area contributed by atoms with Gasteiger partial charge in [0.15, 0.2) is 0 Å². The number of amides is 1. The minimum atomic E-state index is -1.35. The molecule has 0 saturated heterocycles. The number of carbonyl (C=O) groups excluding carboxylic acids is 1. The van der Waals surface area contributed by atoms with Crippen LogP contribution < -0.4 is 5.32 Å². The lowest BCUT2D eigenvalue weighted by atomic mass is 9.96. The molecule has 0 atom stereocenters. The summed E-state index contributed by atoms with van der Waals surface area (Å²) in [6.07, 6.45) is 5.78. The van der Waals surface area contributed by atoms with Gasteiger partial charge in [-0.1, -0.05) is 72.8 Å². The van der Waals surface area contributed by atoms with E-state index in [1.807, 2.05) is 54.6 Å². The van der Waals surface area contributed by atoms with Gasteiger partial charge in [-0.25, -0.2) is 4.79 Å².